The Morgan fingerprint density at radius 3 is 3.20 bits per heavy atom. The fourth-order valence-corrected chi connectivity index (χ4v) is 1.23. The third-order valence-electron chi connectivity index (χ3n) is 1.80. The van der Waals surface area contributed by atoms with Gasteiger partial charge in [-0.25, -0.2) is 0 Å². The van der Waals surface area contributed by atoms with E-state index in [1.807, 2.05) is 12.4 Å². The van der Waals surface area contributed by atoms with E-state index in [1.165, 1.54) is 11.3 Å². The van der Waals surface area contributed by atoms with Crippen LogP contribution in [0.4, 0.5) is 0 Å². The van der Waals surface area contributed by atoms with E-state index in [9.17, 15) is 0 Å². The predicted molar refractivity (Wildman–Crippen MR) is 40.9 cm³/mol. The Morgan fingerprint density at radius 2 is 2.30 bits per heavy atom. The smallest absolute Gasteiger partial charge is 0.0619 e. The predicted octanol–water partition coefficient (Wildman–Crippen LogP) is 1.24. The van der Waals surface area contributed by atoms with Gasteiger partial charge in [0.25, 0.3) is 0 Å². The summed E-state index contributed by atoms with van der Waals surface area (Å²) in [7, 11) is 0. The average molecular weight is 133 g/mol. The van der Waals surface area contributed by atoms with Crippen molar-refractivity contribution >= 4 is 6.21 Å². The zero-order valence-corrected chi connectivity index (χ0v) is 5.75. The zero-order valence-electron chi connectivity index (χ0n) is 5.75. The van der Waals surface area contributed by atoms with Crippen molar-refractivity contribution in [3.63, 3.8) is 0 Å². The van der Waals surface area contributed by atoms with Gasteiger partial charge in [0.2, 0.25) is 0 Å². The zero-order chi connectivity index (χ0) is 6.81. The van der Waals surface area contributed by atoms with E-state index in [1.54, 1.807) is 0 Å². The minimum absolute atomic E-state index is 0.864. The molecule has 2 heterocycles. The normalized spacial score (nSPS) is 22.4. The Labute approximate surface area is 60.3 Å². The lowest BCUT2D eigenvalue weighted by molar-refractivity contribution is 0.858. The number of hydrogen-bond acceptors (Lipinski definition) is 1. The summed E-state index contributed by atoms with van der Waals surface area (Å²) in [4.78, 5) is 4.18. The molecule has 2 heteroatoms. The van der Waals surface area contributed by atoms with Crippen LogP contribution in [0.1, 0.15) is 12.8 Å². The van der Waals surface area contributed by atoms with Crippen molar-refractivity contribution in [1.82, 2.24) is 5.32 Å². The second kappa shape index (κ2) is 2.29. The molecule has 0 unspecified atom stereocenters. The van der Waals surface area contributed by atoms with Crippen molar-refractivity contribution in [2.24, 2.45) is 4.99 Å². The highest BCUT2D eigenvalue weighted by molar-refractivity contribution is 5.64. The number of nitrogens with zero attached hydrogens (tertiary/aromatic N) is 2. The fraction of sp³-hybridized carbons (Fsp3) is 0.375. The largest absolute Gasteiger partial charge is 0.293 e. The molecule has 0 spiro atoms. The van der Waals surface area contributed by atoms with E-state index in [4.69, 9.17) is 0 Å². The maximum absolute atomic E-state index is 4.26. The summed E-state index contributed by atoms with van der Waals surface area (Å²) in [5, 5.41) is 4.26. The Bertz CT molecular complexity index is 179. The third kappa shape index (κ3) is 0.856. The lowest BCUT2D eigenvalue weighted by atomic mass is 10.0. The minimum Gasteiger partial charge on any atom is -0.293 e. The van der Waals surface area contributed by atoms with E-state index in [0.717, 1.165) is 19.4 Å². The quantitative estimate of drug-likeness (QED) is 0.475. The molecule has 0 amide bonds. The van der Waals surface area contributed by atoms with E-state index in [-0.39, 0.29) is 0 Å². The molecule has 0 N–H and O–H groups in total. The Hall–Kier alpha value is -1.05. The number of dihydropyridines is 1. The van der Waals surface area contributed by atoms with Crippen molar-refractivity contribution in [1.29, 1.82) is 0 Å². The van der Waals surface area contributed by atoms with Crippen LogP contribution in [0.15, 0.2) is 28.5 Å². The molecule has 0 fully saturated rings. The van der Waals surface area contributed by atoms with Crippen molar-refractivity contribution in [2.75, 3.05) is 6.54 Å². The molecule has 0 saturated heterocycles. The molecule has 0 atom stereocenters. The second-order valence-corrected chi connectivity index (χ2v) is 2.50. The van der Waals surface area contributed by atoms with Gasteiger partial charge >= 0.3 is 0 Å². The molecule has 2 aliphatic rings. The minimum atomic E-state index is 0.864. The fourth-order valence-electron chi connectivity index (χ4n) is 1.23. The molecule has 10 heavy (non-hydrogen) atoms. The Kier molecular flexibility index (Phi) is 1.31. The van der Waals surface area contributed by atoms with Crippen LogP contribution in [0.25, 0.3) is 0 Å². The van der Waals surface area contributed by atoms with Gasteiger partial charge in [-0.05, 0) is 12.0 Å². The first kappa shape index (κ1) is 5.71. The first-order valence-corrected chi connectivity index (χ1v) is 3.52. The monoisotopic (exact) mass is 133 g/mol. The van der Waals surface area contributed by atoms with E-state index < -0.39 is 0 Å². The number of hydrogen-bond donors (Lipinski definition) is 0. The maximum Gasteiger partial charge on any atom is 0.0619 e. The first-order chi connectivity index (χ1) is 4.97. The molecular weight excluding hydrogens is 124 g/mol. The van der Waals surface area contributed by atoms with Crippen LogP contribution in [0.5, 0.6) is 0 Å². The summed E-state index contributed by atoms with van der Waals surface area (Å²) < 4.78 is 0. The van der Waals surface area contributed by atoms with Gasteiger partial charge in [-0.3, -0.25) is 10.3 Å². The van der Waals surface area contributed by atoms with Gasteiger partial charge in [-0.15, -0.1) is 0 Å². The third-order valence-corrected chi connectivity index (χ3v) is 1.80. The van der Waals surface area contributed by atoms with E-state index in [0.29, 0.717) is 0 Å². The summed E-state index contributed by atoms with van der Waals surface area (Å²) in [6.45, 7) is 0.864. The second-order valence-electron chi connectivity index (χ2n) is 2.50. The summed E-state index contributed by atoms with van der Waals surface area (Å²) in [6, 6.07) is 0. The highest BCUT2D eigenvalue weighted by Crippen LogP contribution is 2.18. The summed E-state index contributed by atoms with van der Waals surface area (Å²) in [5.74, 6) is 0. The standard InChI is InChI=1S/C8H9N2/c1-2-7-6-9-5-3-8(7)10-4-1/h1,4-5H,2-3,6H2. The molecule has 51 valence electrons. The van der Waals surface area contributed by atoms with Crippen molar-refractivity contribution in [3.8, 4) is 0 Å². The Balaban J connectivity index is 2.19. The van der Waals surface area contributed by atoms with Gasteiger partial charge in [-0.2, -0.15) is 0 Å². The molecule has 0 saturated carbocycles. The van der Waals surface area contributed by atoms with Gasteiger partial charge in [0.05, 0.1) is 6.54 Å². The SMILES string of the molecule is C1=C[N]C2=C(C1)CN=CC2. The lowest BCUT2D eigenvalue weighted by Gasteiger charge is -2.16. The molecule has 0 aromatic heterocycles. The molecule has 0 aromatic rings. The van der Waals surface area contributed by atoms with E-state index in [2.05, 4.69) is 16.4 Å². The van der Waals surface area contributed by atoms with Crippen molar-refractivity contribution < 1.29 is 0 Å². The van der Waals surface area contributed by atoms with Gasteiger partial charge in [-0.1, -0.05) is 6.08 Å². The van der Waals surface area contributed by atoms with Crippen LogP contribution in [0.2, 0.25) is 0 Å². The lowest BCUT2D eigenvalue weighted by Crippen LogP contribution is -2.11. The van der Waals surface area contributed by atoms with Crippen LogP contribution in [0, 0.1) is 0 Å². The molecule has 2 nitrogen and oxygen atoms in total. The van der Waals surface area contributed by atoms with Crippen LogP contribution in [0.3, 0.4) is 0 Å². The molecule has 1 radical (unpaired) electrons. The van der Waals surface area contributed by atoms with Gasteiger partial charge in [0, 0.05) is 24.5 Å². The number of aliphatic imine (C=N–C) groups is 1. The van der Waals surface area contributed by atoms with Crippen LogP contribution in [-0.2, 0) is 0 Å². The van der Waals surface area contributed by atoms with Crippen molar-refractivity contribution in [2.45, 2.75) is 12.8 Å². The van der Waals surface area contributed by atoms with Gasteiger partial charge in [0.15, 0.2) is 0 Å². The van der Waals surface area contributed by atoms with Gasteiger partial charge < -0.3 is 0 Å². The summed E-state index contributed by atoms with van der Waals surface area (Å²) >= 11 is 0. The highest BCUT2D eigenvalue weighted by Gasteiger charge is 2.10. The molecule has 0 aliphatic carbocycles. The van der Waals surface area contributed by atoms with Crippen LogP contribution < -0.4 is 5.32 Å². The number of rotatable bonds is 0. The van der Waals surface area contributed by atoms with Crippen molar-refractivity contribution in [3.05, 3.63) is 23.5 Å². The number of allylic oxidation sites excluding steroid dienone is 2. The van der Waals surface area contributed by atoms with E-state index >= 15 is 0 Å². The molecule has 0 bridgehead atoms. The topological polar surface area (TPSA) is 26.5 Å². The van der Waals surface area contributed by atoms with Crippen LogP contribution >= 0.6 is 0 Å². The highest BCUT2D eigenvalue weighted by atomic mass is 14.9. The van der Waals surface area contributed by atoms with Gasteiger partial charge in [0.1, 0.15) is 0 Å². The molecular formula is C8H9N2. The molecule has 2 rings (SSSR count). The molecule has 2 aliphatic heterocycles. The Morgan fingerprint density at radius 1 is 1.30 bits per heavy atom. The maximum atomic E-state index is 4.26. The average Bonchev–Trinajstić information content (AvgIpc) is 2.05. The summed E-state index contributed by atoms with van der Waals surface area (Å²) in [5.41, 5.74) is 2.63. The van der Waals surface area contributed by atoms with Crippen LogP contribution in [-0.4, -0.2) is 12.8 Å². The first-order valence-electron chi connectivity index (χ1n) is 3.52. The molecule has 0 aromatic carbocycles. The summed E-state index contributed by atoms with van der Waals surface area (Å²) in [6.07, 6.45) is 7.90.